The van der Waals surface area contributed by atoms with Crippen LogP contribution < -0.4 is 4.89 Å². The maximum atomic E-state index is 10.7. The number of aliphatic hydroxyl groups is 5. The van der Waals surface area contributed by atoms with Crippen LogP contribution in [0.2, 0.25) is 0 Å². The van der Waals surface area contributed by atoms with E-state index < -0.39 is 65.8 Å². The van der Waals surface area contributed by atoms with Crippen molar-refractivity contribution in [3.63, 3.8) is 0 Å². The van der Waals surface area contributed by atoms with Crippen LogP contribution in [0.4, 0.5) is 0 Å². The lowest BCUT2D eigenvalue weighted by molar-refractivity contribution is -0.226. The van der Waals surface area contributed by atoms with E-state index in [1.807, 2.05) is 13.8 Å². The van der Waals surface area contributed by atoms with Gasteiger partial charge >= 0.3 is 14.3 Å². The molecule has 0 aromatic heterocycles. The third-order valence-corrected chi connectivity index (χ3v) is 4.44. The Kier molecular flexibility index (Phi) is 32.6. The highest BCUT2D eigenvalue weighted by atomic mass is 35.9. The van der Waals surface area contributed by atoms with Crippen LogP contribution in [-0.2, 0) is 36.7 Å². The lowest BCUT2D eigenvalue weighted by Crippen LogP contribution is -2.22. The van der Waals surface area contributed by atoms with E-state index in [1.165, 1.54) is 6.66 Å². The van der Waals surface area contributed by atoms with Crippen LogP contribution in [0, 0.1) is 18.4 Å². The van der Waals surface area contributed by atoms with Gasteiger partial charge in [0.25, 0.3) is 14.4 Å². The van der Waals surface area contributed by atoms with Gasteiger partial charge in [0.1, 0.15) is 18.3 Å². The van der Waals surface area contributed by atoms with Crippen molar-refractivity contribution in [1.29, 1.82) is 5.26 Å². The molecule has 5 atom stereocenters. The molecular weight excluding hydrogens is 648 g/mol. The summed E-state index contributed by atoms with van der Waals surface area (Å²) in [6.45, 7) is 12.1. The lowest BCUT2D eigenvalue weighted by Gasteiger charge is -2.20. The first-order chi connectivity index (χ1) is 17.6. The van der Waals surface area contributed by atoms with Crippen LogP contribution in [0.3, 0.4) is 0 Å². The molecule has 1 fully saturated rings. The van der Waals surface area contributed by atoms with Crippen LogP contribution in [0.5, 0.6) is 0 Å². The molecule has 1 aliphatic rings. The fraction of sp³-hybridized carbons (Fsp3) is 0.889. The summed E-state index contributed by atoms with van der Waals surface area (Å²) in [5.74, 6) is -3.19. The molecule has 0 aliphatic carbocycles. The molecule has 1 rings (SSSR count). The number of ether oxygens (including phenoxy) is 2. The van der Waals surface area contributed by atoms with Crippen molar-refractivity contribution >= 4 is 43.7 Å². The minimum Gasteiger partial charge on any atom is -0.756 e. The molecule has 0 aromatic rings. The zero-order valence-electron chi connectivity index (χ0n) is 21.7. The molecule has 22 heteroatoms. The topological polar surface area (TPSA) is 270 Å². The largest absolute Gasteiger partial charge is 0.756 e. The number of rotatable bonds is 11. The van der Waals surface area contributed by atoms with E-state index in [1.54, 1.807) is 0 Å². The molecule has 1 saturated heterocycles. The first kappa shape index (κ1) is 49.4. The summed E-state index contributed by atoms with van der Waals surface area (Å²) in [4.78, 5) is 22.1. The van der Waals surface area contributed by atoms with Crippen molar-refractivity contribution in [3.05, 3.63) is 4.85 Å². The summed E-state index contributed by atoms with van der Waals surface area (Å²) in [5, 5.41) is 49.0. The van der Waals surface area contributed by atoms with E-state index >= 15 is 0 Å². The van der Waals surface area contributed by atoms with Gasteiger partial charge in [0.15, 0.2) is 5.79 Å². The summed E-state index contributed by atoms with van der Waals surface area (Å²) in [5.41, 5.74) is 0. The van der Waals surface area contributed by atoms with Crippen LogP contribution in [0.1, 0.15) is 21.3 Å². The Balaban J connectivity index is -0.000000137. The van der Waals surface area contributed by atoms with Crippen molar-refractivity contribution in [2.24, 2.45) is 0 Å². The van der Waals surface area contributed by atoms with Crippen molar-refractivity contribution in [3.8, 4) is 13.1 Å². The summed E-state index contributed by atoms with van der Waals surface area (Å²) in [6.07, 6.45) is -2.47. The quantitative estimate of drug-likeness (QED) is 0.166. The molecule has 17 nitrogen and oxygen atoms in total. The number of hydrogen-bond donors (Lipinski definition) is 6. The molecule has 0 saturated carbocycles. The van der Waals surface area contributed by atoms with Crippen LogP contribution in [0.15, 0.2) is 0 Å². The van der Waals surface area contributed by atoms with Gasteiger partial charge < -0.3 is 53.8 Å². The first-order valence-electron chi connectivity index (χ1n) is 10.3. The van der Waals surface area contributed by atoms with Gasteiger partial charge in [-0.1, -0.05) is 12.3 Å². The highest BCUT2D eigenvalue weighted by molar-refractivity contribution is 8.08. The van der Waals surface area contributed by atoms with Crippen LogP contribution in [0.25, 0.3) is 4.85 Å². The molecule has 1 aliphatic heterocycles. The fourth-order valence-corrected chi connectivity index (χ4v) is 2.59. The van der Waals surface area contributed by atoms with Crippen LogP contribution in [-0.4, -0.2) is 114 Å². The van der Waals surface area contributed by atoms with Crippen molar-refractivity contribution in [2.45, 2.75) is 45.4 Å². The smallest absolute Gasteiger partial charge is 0.373 e. The van der Waals surface area contributed by atoms with Gasteiger partial charge in [0, 0.05) is 19.9 Å². The second-order valence-electron chi connectivity index (χ2n) is 7.31. The summed E-state index contributed by atoms with van der Waals surface area (Å²) >= 11 is 9.70. The van der Waals surface area contributed by atoms with E-state index in [-0.39, 0.29) is 26.7 Å². The SMILES string of the molecule is C.C#N.C#[N+]COP(=O)([O-])OCC(O)CO.CC1(C)OCC(CO)O1.CP(=O)(Cl)Cl.CP(=O)(O)OCC(O)CO. The Morgan fingerprint density at radius 1 is 1.05 bits per heavy atom. The van der Waals surface area contributed by atoms with Gasteiger partial charge in [-0.05, 0) is 36.3 Å². The summed E-state index contributed by atoms with van der Waals surface area (Å²) in [6, 6.07) is 0. The van der Waals surface area contributed by atoms with Gasteiger partial charge in [-0.2, -0.15) is 0 Å². The number of phosphoric acid groups is 1. The van der Waals surface area contributed by atoms with E-state index in [4.69, 9.17) is 67.6 Å². The molecule has 5 unspecified atom stereocenters. The molecule has 0 amide bonds. The predicted octanol–water partition coefficient (Wildman–Crippen LogP) is 1.13. The molecule has 40 heavy (non-hydrogen) atoms. The predicted molar refractivity (Wildman–Crippen MR) is 146 cm³/mol. The molecule has 0 spiro atoms. The normalized spacial score (nSPS) is 19.6. The van der Waals surface area contributed by atoms with E-state index in [0.717, 1.165) is 6.66 Å². The number of nitrogens with zero attached hydrogens (tertiary/aromatic N) is 2. The maximum Gasteiger partial charge on any atom is 0.373 e. The average Bonchev–Trinajstić information content (AvgIpc) is 3.19. The standard InChI is InChI=1S/C6H12O3.C5H10NO6P.C4H11O5P.CH3Cl2OP.CHN.CH4/c1-6(2)8-4-5(3-7)9-6;1-6-4-12-13(9,10)11-3-5(8)2-7;1-10(7,8)9-3-4(6)2-5;1-5(2,3)4;1-2;/h5,7H,3-4H2,1-2H3;1,5,7-8H,2-4H2;4-6H,2-3H2,1H3,(H,7,8);1H3;1H;1H4. The van der Waals surface area contributed by atoms with Crippen molar-refractivity contribution < 1.29 is 72.1 Å². The monoisotopic (exact) mass is 688 g/mol. The van der Waals surface area contributed by atoms with E-state index in [2.05, 4.69) is 31.6 Å². The van der Waals surface area contributed by atoms with Crippen LogP contribution >= 0.6 is 43.7 Å². The Bertz CT molecular complexity index is 812. The Hall–Kier alpha value is -0.230. The number of hydrogen-bond acceptors (Lipinski definition) is 15. The molecule has 6 N–H and O–H groups in total. The Labute approximate surface area is 244 Å². The third-order valence-electron chi connectivity index (χ3n) is 2.91. The summed E-state index contributed by atoms with van der Waals surface area (Å²) in [7, 11) is -7.97. The average molecular weight is 689 g/mol. The van der Waals surface area contributed by atoms with Crippen molar-refractivity contribution in [2.75, 3.05) is 59.7 Å². The second kappa shape index (κ2) is 26.4. The van der Waals surface area contributed by atoms with Crippen molar-refractivity contribution in [1.82, 2.24) is 0 Å². The minimum absolute atomic E-state index is 0. The second-order valence-corrected chi connectivity index (χ2v) is 16.4. The number of phosphoric ester groups is 1. The Morgan fingerprint density at radius 3 is 1.70 bits per heavy atom. The van der Waals surface area contributed by atoms with E-state index in [9.17, 15) is 18.6 Å². The zero-order chi connectivity index (χ0) is 31.9. The number of halogens is 2. The van der Waals surface area contributed by atoms with E-state index in [0.29, 0.717) is 6.61 Å². The van der Waals surface area contributed by atoms with Gasteiger partial charge in [0.05, 0.1) is 39.6 Å². The molecule has 0 bridgehead atoms. The molecule has 242 valence electrons. The molecule has 0 aromatic carbocycles. The van der Waals surface area contributed by atoms with Gasteiger partial charge in [-0.25, -0.2) is 9.79 Å². The highest BCUT2D eigenvalue weighted by Crippen LogP contribution is 2.52. The highest BCUT2D eigenvalue weighted by Gasteiger charge is 2.31. The maximum absolute atomic E-state index is 10.7. The number of nitriles is 1. The third kappa shape index (κ3) is 44.8. The lowest BCUT2D eigenvalue weighted by atomic mass is 10.4. The summed E-state index contributed by atoms with van der Waals surface area (Å²) < 4.78 is 53.7. The first-order valence-corrected chi connectivity index (χ1v) is 17.7. The Morgan fingerprint density at radius 2 is 1.45 bits per heavy atom. The van der Waals surface area contributed by atoms with Gasteiger partial charge in [0.2, 0.25) is 5.85 Å². The van der Waals surface area contributed by atoms with Gasteiger partial charge in [-0.15, -0.1) is 0 Å². The molecular formula is C18H41Cl2N2O15P3. The van der Waals surface area contributed by atoms with Gasteiger partial charge in [-0.3, -0.25) is 13.7 Å². The zero-order valence-corrected chi connectivity index (χ0v) is 25.9. The molecule has 1 heterocycles. The number of aliphatic hydroxyl groups excluding tert-OH is 5. The molecule has 0 radical (unpaired) electrons. The minimum atomic E-state index is -4.47. The fourth-order valence-electron chi connectivity index (χ4n) is 1.50.